The molecule has 0 aliphatic carbocycles. The van der Waals surface area contributed by atoms with Gasteiger partial charge in [-0.05, 0) is 35.7 Å². The molecular weight excluding hydrogens is 378 g/mol. The van der Waals surface area contributed by atoms with E-state index in [1.165, 1.54) is 18.2 Å². The van der Waals surface area contributed by atoms with Crippen LogP contribution in [0.25, 0.3) is 10.9 Å². The number of H-pyrrole nitrogens is 1. The number of phenolic OH excluding ortho intramolecular Hbond substituents is 2. The molecule has 1 heterocycles. The summed E-state index contributed by atoms with van der Waals surface area (Å²) in [4.78, 5) is 24.1. The number of hydrogen-bond acceptors (Lipinski definition) is 6. The van der Waals surface area contributed by atoms with E-state index in [0.717, 1.165) is 16.5 Å². The van der Waals surface area contributed by atoms with Crippen LogP contribution in [0.1, 0.15) is 11.1 Å². The van der Waals surface area contributed by atoms with Crippen LogP contribution >= 0.6 is 0 Å². The largest absolute Gasteiger partial charge is 0.504 e. The maximum Gasteiger partial charge on any atom is 0.320 e. The Morgan fingerprint density at radius 2 is 1.52 bits per heavy atom. The van der Waals surface area contributed by atoms with Gasteiger partial charge >= 0.3 is 11.9 Å². The number of nitrogens with two attached hydrogens (primary N) is 2. The normalized spacial score (nSPS) is 12.6. The Kier molecular flexibility index (Phi) is 7.18. The number of aromatic nitrogens is 1. The van der Waals surface area contributed by atoms with Gasteiger partial charge in [0.05, 0.1) is 0 Å². The van der Waals surface area contributed by atoms with Crippen molar-refractivity contribution in [3.05, 3.63) is 59.8 Å². The van der Waals surface area contributed by atoms with E-state index in [1.54, 1.807) is 0 Å². The number of carboxylic acid groups (broad SMARTS) is 2. The Bertz CT molecular complexity index is 1000. The second-order valence-electron chi connectivity index (χ2n) is 6.48. The predicted octanol–water partition coefficient (Wildman–Crippen LogP) is 1.17. The number of para-hydroxylation sites is 1. The van der Waals surface area contributed by atoms with Crippen LogP contribution in [0, 0.1) is 0 Å². The molecule has 0 saturated carbocycles. The summed E-state index contributed by atoms with van der Waals surface area (Å²) >= 11 is 0. The number of fused-ring (bicyclic) bond motifs is 1. The zero-order chi connectivity index (χ0) is 21.6. The monoisotopic (exact) mass is 401 g/mol. The molecule has 0 bridgehead atoms. The number of aromatic amines is 1. The third-order valence-electron chi connectivity index (χ3n) is 4.24. The summed E-state index contributed by atoms with van der Waals surface area (Å²) in [5.41, 5.74) is 13.3. The highest BCUT2D eigenvalue weighted by Crippen LogP contribution is 2.25. The van der Waals surface area contributed by atoms with Gasteiger partial charge in [0.25, 0.3) is 0 Å². The molecule has 9 nitrogen and oxygen atoms in total. The van der Waals surface area contributed by atoms with Crippen LogP contribution in [-0.4, -0.2) is 49.4 Å². The van der Waals surface area contributed by atoms with Crippen LogP contribution in [0.4, 0.5) is 0 Å². The summed E-state index contributed by atoms with van der Waals surface area (Å²) in [5, 5.41) is 36.4. The molecule has 2 aromatic carbocycles. The van der Waals surface area contributed by atoms with E-state index in [4.69, 9.17) is 31.9 Å². The van der Waals surface area contributed by atoms with Crippen molar-refractivity contribution >= 4 is 22.8 Å². The summed E-state index contributed by atoms with van der Waals surface area (Å²) in [5.74, 6) is -2.59. The minimum absolute atomic E-state index is 0.114. The number of benzene rings is 2. The summed E-state index contributed by atoms with van der Waals surface area (Å²) < 4.78 is 0. The number of aliphatic carboxylic acids is 2. The third-order valence-corrected chi connectivity index (χ3v) is 4.24. The number of carboxylic acids is 2. The zero-order valence-electron chi connectivity index (χ0n) is 15.4. The van der Waals surface area contributed by atoms with E-state index < -0.39 is 24.0 Å². The molecular formula is C20H23N3O6. The molecule has 0 radical (unpaired) electrons. The average Bonchev–Trinajstić information content (AvgIpc) is 3.08. The molecule has 0 spiro atoms. The van der Waals surface area contributed by atoms with Gasteiger partial charge in [0.15, 0.2) is 11.5 Å². The SMILES string of the molecule is NC(Cc1c[nH]c2ccccc12)C(=O)O.NC(Cc1ccc(O)c(O)c1)C(=O)O. The number of rotatable bonds is 6. The highest BCUT2D eigenvalue weighted by atomic mass is 16.4. The molecule has 29 heavy (non-hydrogen) atoms. The van der Waals surface area contributed by atoms with Crippen LogP contribution in [0.3, 0.4) is 0 Å². The molecule has 2 unspecified atom stereocenters. The van der Waals surface area contributed by atoms with E-state index in [-0.39, 0.29) is 17.9 Å². The van der Waals surface area contributed by atoms with Crippen LogP contribution in [0.2, 0.25) is 0 Å². The first-order valence-corrected chi connectivity index (χ1v) is 8.71. The second kappa shape index (κ2) is 9.58. The van der Waals surface area contributed by atoms with Gasteiger partial charge in [0, 0.05) is 23.5 Å². The molecule has 9 N–H and O–H groups in total. The summed E-state index contributed by atoms with van der Waals surface area (Å²) in [6, 6.07) is 10.0. The van der Waals surface area contributed by atoms with Gasteiger partial charge < -0.3 is 36.9 Å². The molecule has 0 amide bonds. The lowest BCUT2D eigenvalue weighted by atomic mass is 10.1. The Balaban J connectivity index is 0.000000208. The first-order chi connectivity index (χ1) is 13.7. The van der Waals surface area contributed by atoms with Gasteiger partial charge in [0.2, 0.25) is 0 Å². The fraction of sp³-hybridized carbons (Fsp3) is 0.200. The van der Waals surface area contributed by atoms with Crippen LogP contribution < -0.4 is 11.5 Å². The van der Waals surface area contributed by atoms with E-state index in [9.17, 15) is 9.59 Å². The molecule has 0 aliphatic heterocycles. The number of carbonyl (C=O) groups is 2. The standard InChI is InChI=1S/C11H12N2O2.C9H11NO4/c12-9(11(14)15)5-7-6-13-10-4-2-1-3-8(7)10;10-6(9(13)14)3-5-1-2-7(11)8(12)4-5/h1-4,6,9,13H,5,12H2,(H,14,15);1-2,4,6,11-12H,3,10H2,(H,13,14). The Labute approximate surface area is 166 Å². The van der Waals surface area contributed by atoms with E-state index in [0.29, 0.717) is 12.0 Å². The van der Waals surface area contributed by atoms with Crippen molar-refractivity contribution in [3.63, 3.8) is 0 Å². The lowest BCUT2D eigenvalue weighted by molar-refractivity contribution is -0.139. The van der Waals surface area contributed by atoms with Crippen LogP contribution in [-0.2, 0) is 22.4 Å². The van der Waals surface area contributed by atoms with Gasteiger partial charge in [-0.25, -0.2) is 0 Å². The fourth-order valence-electron chi connectivity index (χ4n) is 2.66. The van der Waals surface area contributed by atoms with Gasteiger partial charge in [-0.15, -0.1) is 0 Å². The molecule has 3 rings (SSSR count). The minimum atomic E-state index is -1.10. The number of hydrogen-bond donors (Lipinski definition) is 7. The molecule has 9 heteroatoms. The average molecular weight is 401 g/mol. The number of phenols is 2. The molecule has 0 saturated heterocycles. The maximum absolute atomic E-state index is 10.6. The minimum Gasteiger partial charge on any atom is -0.504 e. The molecule has 0 aliphatic rings. The predicted molar refractivity (Wildman–Crippen MR) is 107 cm³/mol. The first kappa shape index (κ1) is 21.7. The van der Waals surface area contributed by atoms with Crippen molar-refractivity contribution < 1.29 is 30.0 Å². The van der Waals surface area contributed by atoms with Crippen molar-refractivity contribution in [1.29, 1.82) is 0 Å². The molecule has 1 aromatic heterocycles. The molecule has 0 fully saturated rings. The Morgan fingerprint density at radius 1 is 0.897 bits per heavy atom. The number of aromatic hydroxyl groups is 2. The molecule has 2 atom stereocenters. The van der Waals surface area contributed by atoms with E-state index in [1.807, 2.05) is 30.5 Å². The van der Waals surface area contributed by atoms with E-state index >= 15 is 0 Å². The van der Waals surface area contributed by atoms with Crippen molar-refractivity contribution in [2.75, 3.05) is 0 Å². The second-order valence-corrected chi connectivity index (χ2v) is 6.48. The summed E-state index contributed by atoms with van der Waals surface area (Å²) in [6.45, 7) is 0. The maximum atomic E-state index is 10.6. The lowest BCUT2D eigenvalue weighted by Crippen LogP contribution is -2.32. The van der Waals surface area contributed by atoms with Gasteiger partial charge in [-0.2, -0.15) is 0 Å². The van der Waals surface area contributed by atoms with Crippen LogP contribution in [0.5, 0.6) is 11.5 Å². The van der Waals surface area contributed by atoms with Gasteiger partial charge in [0.1, 0.15) is 12.1 Å². The van der Waals surface area contributed by atoms with Crippen molar-refractivity contribution in [2.24, 2.45) is 11.5 Å². The van der Waals surface area contributed by atoms with Gasteiger partial charge in [-0.3, -0.25) is 9.59 Å². The van der Waals surface area contributed by atoms with Gasteiger partial charge in [-0.1, -0.05) is 24.3 Å². The smallest absolute Gasteiger partial charge is 0.320 e. The zero-order valence-corrected chi connectivity index (χ0v) is 15.4. The Morgan fingerprint density at radius 3 is 2.14 bits per heavy atom. The topological polar surface area (TPSA) is 183 Å². The Hall–Kier alpha value is -3.56. The molecule has 3 aromatic rings. The van der Waals surface area contributed by atoms with Crippen molar-refractivity contribution in [3.8, 4) is 11.5 Å². The number of nitrogens with one attached hydrogen (secondary N) is 1. The van der Waals surface area contributed by atoms with Crippen molar-refractivity contribution in [1.82, 2.24) is 4.98 Å². The molecule has 154 valence electrons. The lowest BCUT2D eigenvalue weighted by Gasteiger charge is -2.06. The van der Waals surface area contributed by atoms with Crippen molar-refractivity contribution in [2.45, 2.75) is 24.9 Å². The quantitative estimate of drug-likeness (QED) is 0.300. The fourth-order valence-corrected chi connectivity index (χ4v) is 2.66. The summed E-state index contributed by atoms with van der Waals surface area (Å²) in [7, 11) is 0. The highest BCUT2D eigenvalue weighted by molar-refractivity contribution is 5.84. The highest BCUT2D eigenvalue weighted by Gasteiger charge is 2.14. The first-order valence-electron chi connectivity index (χ1n) is 8.71. The van der Waals surface area contributed by atoms with Crippen LogP contribution in [0.15, 0.2) is 48.7 Å². The van der Waals surface area contributed by atoms with E-state index in [2.05, 4.69) is 4.98 Å². The summed E-state index contributed by atoms with van der Waals surface area (Å²) in [6.07, 6.45) is 2.27. The third kappa shape index (κ3) is 5.96.